The maximum atomic E-state index is 14.1. The molecule has 9 nitrogen and oxygen atoms in total. The Hall–Kier alpha value is -2.73. The largest absolute Gasteiger partial charge is 0.393 e. The number of likely N-dealkylation sites (N-methyl/N-ethyl adjacent to an activating group) is 1. The summed E-state index contributed by atoms with van der Waals surface area (Å²) < 4.78 is 29.7. The normalized spacial score (nSPS) is 19.4. The molecule has 2 heterocycles. The highest BCUT2D eigenvalue weighted by molar-refractivity contribution is 7.92. The van der Waals surface area contributed by atoms with Crippen LogP contribution in [0.25, 0.3) is 0 Å². The van der Waals surface area contributed by atoms with Crippen molar-refractivity contribution in [2.24, 2.45) is 0 Å². The molecule has 0 amide bonds. The number of hydrogen-bond acceptors (Lipinski definition) is 9. The molecule has 0 aliphatic heterocycles. The summed E-state index contributed by atoms with van der Waals surface area (Å²) in [6, 6.07) is 12.6. The van der Waals surface area contributed by atoms with Crippen LogP contribution >= 0.6 is 11.3 Å². The van der Waals surface area contributed by atoms with E-state index in [1.165, 1.54) is 9.18 Å². The number of thiazole rings is 1. The van der Waals surface area contributed by atoms with Gasteiger partial charge in [0.05, 0.1) is 22.4 Å². The van der Waals surface area contributed by atoms with Crippen LogP contribution in [0.5, 0.6) is 0 Å². The van der Waals surface area contributed by atoms with Gasteiger partial charge in [0, 0.05) is 36.1 Å². The molecule has 3 N–H and O–H groups in total. The molecular formula is C27H36N6O3S2. The van der Waals surface area contributed by atoms with Crippen molar-refractivity contribution in [3.05, 3.63) is 53.0 Å². The number of para-hydroxylation sites is 1. The zero-order valence-electron chi connectivity index (χ0n) is 21.9. The van der Waals surface area contributed by atoms with Gasteiger partial charge in [0.1, 0.15) is 11.6 Å². The van der Waals surface area contributed by atoms with E-state index in [0.717, 1.165) is 55.8 Å². The standard InChI is InChI=1S/C27H36N6O3S2/c1-32(2)15-16-33(20-7-4-3-5-8-20)38(35,36)22-17-25(28-19-11-13-21(34)14-12-19)30-26(18-22)31-27-29-23-9-6-10-24(23)37-27/h3-5,7-8,17-19,21,34H,6,9-16H2,1-2H3,(H2,28,29,30,31)/t19-,21-. The molecule has 1 fully saturated rings. The van der Waals surface area contributed by atoms with Crippen molar-refractivity contribution in [3.8, 4) is 0 Å². The van der Waals surface area contributed by atoms with Gasteiger partial charge in [-0.1, -0.05) is 18.2 Å². The Balaban J connectivity index is 1.50. The van der Waals surface area contributed by atoms with Gasteiger partial charge in [-0.25, -0.2) is 18.4 Å². The zero-order chi connectivity index (χ0) is 26.7. The van der Waals surface area contributed by atoms with Crippen LogP contribution in [0, 0.1) is 0 Å². The van der Waals surface area contributed by atoms with Crippen molar-refractivity contribution in [2.45, 2.75) is 62.0 Å². The molecule has 0 saturated heterocycles. The Bertz CT molecular complexity index is 1320. The second kappa shape index (κ2) is 11.6. The van der Waals surface area contributed by atoms with Crippen LogP contribution in [0.3, 0.4) is 0 Å². The molecular weight excluding hydrogens is 520 g/mol. The van der Waals surface area contributed by atoms with Gasteiger partial charge in [0.15, 0.2) is 5.13 Å². The summed E-state index contributed by atoms with van der Waals surface area (Å²) in [5, 5.41) is 17.4. The average molecular weight is 557 g/mol. The van der Waals surface area contributed by atoms with Gasteiger partial charge >= 0.3 is 0 Å². The molecule has 1 saturated carbocycles. The number of benzene rings is 1. The van der Waals surface area contributed by atoms with Gasteiger partial charge in [0.2, 0.25) is 0 Å². The molecule has 0 unspecified atom stereocenters. The van der Waals surface area contributed by atoms with Gasteiger partial charge in [0.25, 0.3) is 10.0 Å². The van der Waals surface area contributed by atoms with Gasteiger partial charge < -0.3 is 20.6 Å². The highest BCUT2D eigenvalue weighted by Gasteiger charge is 2.28. The van der Waals surface area contributed by atoms with Crippen LogP contribution < -0.4 is 14.9 Å². The number of aryl methyl sites for hydroxylation is 2. The van der Waals surface area contributed by atoms with Gasteiger partial charge in [-0.3, -0.25) is 4.31 Å². The lowest BCUT2D eigenvalue weighted by Crippen LogP contribution is -2.37. The first-order valence-electron chi connectivity index (χ1n) is 13.2. The topological polar surface area (TPSA) is 111 Å². The highest BCUT2D eigenvalue weighted by Crippen LogP contribution is 2.34. The third-order valence-electron chi connectivity index (χ3n) is 7.06. The number of aliphatic hydroxyl groups excluding tert-OH is 1. The number of pyridine rings is 1. The fourth-order valence-corrected chi connectivity index (χ4v) is 7.53. The highest BCUT2D eigenvalue weighted by atomic mass is 32.2. The van der Waals surface area contributed by atoms with Crippen molar-refractivity contribution in [1.82, 2.24) is 14.9 Å². The second-order valence-corrected chi connectivity index (χ2v) is 13.3. The van der Waals surface area contributed by atoms with E-state index in [1.807, 2.05) is 49.3 Å². The Morgan fingerprint density at radius 2 is 1.74 bits per heavy atom. The maximum absolute atomic E-state index is 14.1. The van der Waals surface area contributed by atoms with E-state index in [0.29, 0.717) is 30.4 Å². The summed E-state index contributed by atoms with van der Waals surface area (Å²) in [5.74, 6) is 0.942. The molecule has 0 radical (unpaired) electrons. The van der Waals surface area contributed by atoms with Crippen molar-refractivity contribution in [3.63, 3.8) is 0 Å². The van der Waals surface area contributed by atoms with E-state index in [-0.39, 0.29) is 17.0 Å². The van der Waals surface area contributed by atoms with Crippen LogP contribution in [-0.4, -0.2) is 67.7 Å². The quantitative estimate of drug-likeness (QED) is 0.340. The number of fused-ring (bicyclic) bond motifs is 1. The Morgan fingerprint density at radius 3 is 2.45 bits per heavy atom. The van der Waals surface area contributed by atoms with Crippen LogP contribution in [0.1, 0.15) is 42.7 Å². The lowest BCUT2D eigenvalue weighted by atomic mass is 9.93. The molecule has 2 aromatic heterocycles. The summed E-state index contributed by atoms with van der Waals surface area (Å²) in [4.78, 5) is 12.9. The maximum Gasteiger partial charge on any atom is 0.264 e. The first kappa shape index (κ1) is 26.9. The molecule has 1 aromatic carbocycles. The number of sulfonamides is 1. The van der Waals surface area contributed by atoms with Crippen molar-refractivity contribution >= 4 is 43.8 Å². The summed E-state index contributed by atoms with van der Waals surface area (Å²) in [6.45, 7) is 0.886. The Labute approximate surface area is 229 Å². The predicted molar refractivity (Wildman–Crippen MR) is 153 cm³/mol. The van der Waals surface area contributed by atoms with E-state index in [4.69, 9.17) is 9.97 Å². The predicted octanol–water partition coefficient (Wildman–Crippen LogP) is 4.24. The molecule has 204 valence electrons. The van der Waals surface area contributed by atoms with E-state index in [2.05, 4.69) is 10.6 Å². The van der Waals surface area contributed by atoms with Crippen molar-refractivity contribution in [1.29, 1.82) is 0 Å². The summed E-state index contributed by atoms with van der Waals surface area (Å²) in [7, 11) is -0.0448. The van der Waals surface area contributed by atoms with Crippen LogP contribution in [-0.2, 0) is 22.9 Å². The van der Waals surface area contributed by atoms with Gasteiger partial charge in [-0.15, -0.1) is 11.3 Å². The van der Waals surface area contributed by atoms with Crippen LogP contribution in [0.2, 0.25) is 0 Å². The molecule has 0 bridgehead atoms. The average Bonchev–Trinajstić information content (AvgIpc) is 3.48. The number of aromatic nitrogens is 2. The number of hydrogen-bond donors (Lipinski definition) is 3. The third-order valence-corrected chi connectivity index (χ3v) is 9.94. The lowest BCUT2D eigenvalue weighted by Gasteiger charge is -2.28. The SMILES string of the molecule is CN(C)CCN(c1ccccc1)S(=O)(=O)c1cc(Nc2nc3c(s2)CCC3)nc(N[C@H]2CC[C@H](O)CC2)c1. The molecule has 3 aromatic rings. The number of aliphatic hydroxyl groups is 1. The number of nitrogens with one attached hydrogen (secondary N) is 2. The van der Waals surface area contributed by atoms with Gasteiger partial charge in [-0.05, 0) is 71.2 Å². The van der Waals surface area contributed by atoms with Crippen molar-refractivity contribution in [2.75, 3.05) is 42.1 Å². The van der Waals surface area contributed by atoms with E-state index in [1.54, 1.807) is 23.5 Å². The van der Waals surface area contributed by atoms with E-state index >= 15 is 0 Å². The number of anilines is 4. The zero-order valence-corrected chi connectivity index (χ0v) is 23.6. The summed E-state index contributed by atoms with van der Waals surface area (Å²) in [5.41, 5.74) is 1.74. The summed E-state index contributed by atoms with van der Waals surface area (Å²) >= 11 is 1.61. The molecule has 5 rings (SSSR count). The first-order chi connectivity index (χ1) is 18.3. The molecule has 38 heavy (non-hydrogen) atoms. The molecule has 2 aliphatic carbocycles. The summed E-state index contributed by atoms with van der Waals surface area (Å²) in [6.07, 6.45) is 5.93. The monoisotopic (exact) mass is 556 g/mol. The van der Waals surface area contributed by atoms with E-state index in [9.17, 15) is 13.5 Å². The molecule has 11 heteroatoms. The molecule has 0 spiro atoms. The fourth-order valence-electron chi connectivity index (χ4n) is 4.98. The second-order valence-electron chi connectivity index (χ2n) is 10.3. The lowest BCUT2D eigenvalue weighted by molar-refractivity contribution is 0.126. The smallest absolute Gasteiger partial charge is 0.264 e. The minimum absolute atomic E-state index is 0.124. The molecule has 2 aliphatic rings. The Morgan fingerprint density at radius 1 is 1.00 bits per heavy atom. The van der Waals surface area contributed by atoms with Crippen LogP contribution in [0.4, 0.5) is 22.5 Å². The van der Waals surface area contributed by atoms with Crippen LogP contribution in [0.15, 0.2) is 47.4 Å². The Kier molecular flexibility index (Phi) is 8.18. The minimum Gasteiger partial charge on any atom is -0.393 e. The number of rotatable bonds is 10. The fraction of sp³-hybridized carbons (Fsp3) is 0.481. The minimum atomic E-state index is -3.90. The molecule has 0 atom stereocenters. The van der Waals surface area contributed by atoms with Gasteiger partial charge in [-0.2, -0.15) is 0 Å². The number of nitrogens with zero attached hydrogens (tertiary/aromatic N) is 4. The first-order valence-corrected chi connectivity index (χ1v) is 15.5. The van der Waals surface area contributed by atoms with E-state index < -0.39 is 10.0 Å². The third kappa shape index (κ3) is 6.28. The van der Waals surface area contributed by atoms with Crippen molar-refractivity contribution < 1.29 is 13.5 Å².